The average Bonchev–Trinajstić information content (AvgIpc) is 2.77. The van der Waals surface area contributed by atoms with E-state index in [1.54, 1.807) is 24.3 Å². The number of rotatable bonds is 2. The van der Waals surface area contributed by atoms with E-state index in [4.69, 9.17) is 0 Å². The van der Waals surface area contributed by atoms with Crippen LogP contribution in [0.4, 0.5) is 5.69 Å². The van der Waals surface area contributed by atoms with Gasteiger partial charge < -0.3 is 0 Å². The molecule has 0 N–H and O–H groups in total. The van der Waals surface area contributed by atoms with Gasteiger partial charge in [-0.05, 0) is 35.9 Å². The minimum absolute atomic E-state index is 0.00366. The number of carbonyl (C=O) groups is 1. The van der Waals surface area contributed by atoms with Crippen LogP contribution in [0.2, 0.25) is 0 Å². The number of carbonyl (C=O) groups excluding carboxylic acids is 1. The van der Waals surface area contributed by atoms with Crippen molar-refractivity contribution in [3.05, 3.63) is 74.7 Å². The molecule has 2 aromatic rings. The highest BCUT2D eigenvalue weighted by atomic mass is 32.2. The summed E-state index contributed by atoms with van der Waals surface area (Å²) in [6.07, 6.45) is 1.76. The zero-order chi connectivity index (χ0) is 14.1. The summed E-state index contributed by atoms with van der Waals surface area (Å²) < 4.78 is 0. The number of fused-ring (bicyclic) bond motifs is 1. The highest BCUT2D eigenvalue weighted by Gasteiger charge is 2.25. The van der Waals surface area contributed by atoms with Crippen molar-refractivity contribution >= 4 is 29.3 Å². The Hall–Kier alpha value is -2.40. The fraction of sp³-hybridized carbons (Fsp3) is 0. The van der Waals surface area contributed by atoms with E-state index >= 15 is 0 Å². The minimum Gasteiger partial charge on any atom is -0.288 e. The maximum Gasteiger partial charge on any atom is 0.269 e. The predicted molar refractivity (Wildman–Crippen MR) is 77.7 cm³/mol. The molecule has 4 nitrogen and oxygen atoms in total. The van der Waals surface area contributed by atoms with Gasteiger partial charge in [-0.25, -0.2) is 0 Å². The van der Waals surface area contributed by atoms with Crippen molar-refractivity contribution in [3.63, 3.8) is 0 Å². The van der Waals surface area contributed by atoms with Crippen LogP contribution in [0.15, 0.2) is 58.3 Å². The number of nitrogens with zero attached hydrogens (tertiary/aromatic N) is 1. The van der Waals surface area contributed by atoms with Crippen molar-refractivity contribution in [2.45, 2.75) is 4.90 Å². The summed E-state index contributed by atoms with van der Waals surface area (Å²) in [6.45, 7) is 0. The normalized spacial score (nSPS) is 15.4. The quantitative estimate of drug-likeness (QED) is 0.476. The van der Waals surface area contributed by atoms with E-state index in [-0.39, 0.29) is 11.5 Å². The number of thioether (sulfide) groups is 1. The molecule has 1 aliphatic rings. The van der Waals surface area contributed by atoms with Gasteiger partial charge >= 0.3 is 0 Å². The number of nitro benzene ring substituents is 1. The van der Waals surface area contributed by atoms with Crippen LogP contribution in [-0.4, -0.2) is 10.7 Å². The molecule has 0 fully saturated rings. The Morgan fingerprint density at radius 1 is 1.05 bits per heavy atom. The number of benzene rings is 2. The molecule has 0 aliphatic carbocycles. The van der Waals surface area contributed by atoms with Crippen LogP contribution in [0.1, 0.15) is 15.9 Å². The van der Waals surface area contributed by atoms with Gasteiger partial charge in [0.1, 0.15) is 0 Å². The first kappa shape index (κ1) is 12.6. The smallest absolute Gasteiger partial charge is 0.269 e. The minimum atomic E-state index is -0.442. The van der Waals surface area contributed by atoms with E-state index < -0.39 is 4.92 Å². The van der Waals surface area contributed by atoms with E-state index in [0.717, 1.165) is 10.5 Å². The van der Waals surface area contributed by atoms with Crippen LogP contribution in [0.5, 0.6) is 0 Å². The molecule has 0 saturated heterocycles. The lowest BCUT2D eigenvalue weighted by Gasteiger charge is -1.96. The van der Waals surface area contributed by atoms with Gasteiger partial charge in [-0.1, -0.05) is 23.9 Å². The molecule has 0 radical (unpaired) electrons. The van der Waals surface area contributed by atoms with E-state index in [9.17, 15) is 14.9 Å². The Labute approximate surface area is 119 Å². The number of hydrogen-bond acceptors (Lipinski definition) is 4. The number of ketones is 1. The van der Waals surface area contributed by atoms with Gasteiger partial charge in [0, 0.05) is 22.6 Å². The fourth-order valence-electron chi connectivity index (χ4n) is 1.98. The van der Waals surface area contributed by atoms with Crippen LogP contribution < -0.4 is 0 Å². The van der Waals surface area contributed by atoms with Gasteiger partial charge in [0.2, 0.25) is 5.78 Å². The number of Topliss-reactive ketones (excluding diaryl/α,β-unsaturated/α-hetero) is 1. The number of hydrogen-bond donors (Lipinski definition) is 0. The maximum absolute atomic E-state index is 12.2. The zero-order valence-electron chi connectivity index (χ0n) is 10.3. The molecule has 5 heteroatoms. The average molecular weight is 283 g/mol. The molecular formula is C15H9NO3S. The van der Waals surface area contributed by atoms with Gasteiger partial charge in [-0.3, -0.25) is 14.9 Å². The standard InChI is InChI=1S/C15H9NO3S/c17-15-12-3-1-2-4-13(12)20-14(15)9-10-5-7-11(8-6-10)16(18)19/h1-9H/b14-9-. The van der Waals surface area contributed by atoms with Crippen LogP contribution in [0.3, 0.4) is 0 Å². The van der Waals surface area contributed by atoms with Crippen LogP contribution in [0.25, 0.3) is 6.08 Å². The summed E-state index contributed by atoms with van der Waals surface area (Å²) in [7, 11) is 0. The summed E-state index contributed by atoms with van der Waals surface area (Å²) in [6, 6.07) is 13.6. The number of non-ortho nitro benzene ring substituents is 1. The van der Waals surface area contributed by atoms with Gasteiger partial charge in [0.25, 0.3) is 5.69 Å². The molecule has 0 saturated carbocycles. The zero-order valence-corrected chi connectivity index (χ0v) is 11.1. The van der Waals surface area contributed by atoms with Crippen molar-refractivity contribution in [3.8, 4) is 0 Å². The largest absolute Gasteiger partial charge is 0.288 e. The SMILES string of the molecule is O=C1/C(=C/c2ccc([N+](=O)[O-])cc2)Sc2ccccc21. The molecule has 3 rings (SSSR count). The van der Waals surface area contributed by atoms with Crippen molar-refractivity contribution < 1.29 is 9.72 Å². The molecule has 98 valence electrons. The Morgan fingerprint density at radius 3 is 2.40 bits per heavy atom. The second kappa shape index (κ2) is 4.94. The molecule has 2 aromatic carbocycles. The van der Waals surface area contributed by atoms with Crippen molar-refractivity contribution in [2.24, 2.45) is 0 Å². The first-order chi connectivity index (χ1) is 9.65. The second-order valence-electron chi connectivity index (χ2n) is 4.28. The summed E-state index contributed by atoms with van der Waals surface area (Å²) >= 11 is 1.43. The van der Waals surface area contributed by atoms with Crippen LogP contribution >= 0.6 is 11.8 Å². The first-order valence-corrected chi connectivity index (χ1v) is 6.74. The summed E-state index contributed by atoms with van der Waals surface area (Å²) in [5, 5.41) is 10.6. The Bertz CT molecular complexity index is 735. The molecule has 1 aliphatic heterocycles. The molecule has 0 spiro atoms. The molecule has 1 heterocycles. The van der Waals surface area contributed by atoms with Crippen molar-refractivity contribution in [1.82, 2.24) is 0 Å². The summed E-state index contributed by atoms with van der Waals surface area (Å²) in [4.78, 5) is 23.9. The Balaban J connectivity index is 1.91. The third-order valence-corrected chi connectivity index (χ3v) is 4.08. The summed E-state index contributed by atoms with van der Waals surface area (Å²) in [5.74, 6) is 0.00366. The molecule has 0 unspecified atom stereocenters. The first-order valence-electron chi connectivity index (χ1n) is 5.93. The predicted octanol–water partition coefficient (Wildman–Crippen LogP) is 3.92. The van der Waals surface area contributed by atoms with E-state index in [1.807, 2.05) is 18.2 Å². The van der Waals surface area contributed by atoms with Gasteiger partial charge in [-0.15, -0.1) is 0 Å². The lowest BCUT2D eigenvalue weighted by Crippen LogP contribution is -1.93. The Kier molecular flexibility index (Phi) is 3.12. The van der Waals surface area contributed by atoms with Gasteiger partial charge in [0.05, 0.1) is 9.83 Å². The van der Waals surface area contributed by atoms with Crippen molar-refractivity contribution in [2.75, 3.05) is 0 Å². The highest BCUT2D eigenvalue weighted by Crippen LogP contribution is 2.40. The lowest BCUT2D eigenvalue weighted by atomic mass is 10.1. The monoisotopic (exact) mass is 283 g/mol. The summed E-state index contributed by atoms with van der Waals surface area (Å²) in [5.41, 5.74) is 1.53. The Morgan fingerprint density at radius 2 is 1.75 bits per heavy atom. The highest BCUT2D eigenvalue weighted by molar-refractivity contribution is 8.04. The van der Waals surface area contributed by atoms with Gasteiger partial charge in [-0.2, -0.15) is 0 Å². The molecule has 0 amide bonds. The van der Waals surface area contributed by atoms with E-state index in [2.05, 4.69) is 0 Å². The topological polar surface area (TPSA) is 60.2 Å². The maximum atomic E-state index is 12.2. The molecule has 0 bridgehead atoms. The van der Waals surface area contributed by atoms with E-state index in [0.29, 0.717) is 10.5 Å². The van der Waals surface area contributed by atoms with Crippen molar-refractivity contribution in [1.29, 1.82) is 0 Å². The number of nitro groups is 1. The van der Waals surface area contributed by atoms with Gasteiger partial charge in [0.15, 0.2) is 0 Å². The third kappa shape index (κ3) is 2.23. The van der Waals surface area contributed by atoms with E-state index in [1.165, 1.54) is 23.9 Å². The molecule has 0 aromatic heterocycles. The van der Waals surface area contributed by atoms with Crippen LogP contribution in [0, 0.1) is 10.1 Å². The molecular weight excluding hydrogens is 274 g/mol. The molecule has 20 heavy (non-hydrogen) atoms. The second-order valence-corrected chi connectivity index (χ2v) is 5.37. The number of allylic oxidation sites excluding steroid dienone is 1. The van der Waals surface area contributed by atoms with Crippen LogP contribution in [-0.2, 0) is 0 Å². The fourth-order valence-corrected chi connectivity index (χ4v) is 3.03. The molecule has 0 atom stereocenters. The third-order valence-electron chi connectivity index (χ3n) is 2.98. The lowest BCUT2D eigenvalue weighted by molar-refractivity contribution is -0.384.